The second kappa shape index (κ2) is 4.54. The summed E-state index contributed by atoms with van der Waals surface area (Å²) in [5.41, 5.74) is 0.756. The van der Waals surface area contributed by atoms with Crippen molar-refractivity contribution in [3.63, 3.8) is 0 Å². The average Bonchev–Trinajstić information content (AvgIpc) is 2.10. The lowest BCUT2D eigenvalue weighted by Crippen LogP contribution is -2.32. The van der Waals surface area contributed by atoms with Gasteiger partial charge < -0.3 is 20.6 Å². The Labute approximate surface area is 87.0 Å². The van der Waals surface area contributed by atoms with Gasteiger partial charge in [-0.05, 0) is 31.0 Å². The predicted molar refractivity (Wildman–Crippen MR) is 54.1 cm³/mol. The van der Waals surface area contributed by atoms with Crippen molar-refractivity contribution in [1.29, 1.82) is 0 Å². The molecular formula is C10H13NO4. The molecular weight excluding hydrogens is 198 g/mol. The molecule has 1 aromatic carbocycles. The van der Waals surface area contributed by atoms with Crippen molar-refractivity contribution in [2.24, 2.45) is 0 Å². The van der Waals surface area contributed by atoms with E-state index in [2.05, 4.69) is 5.32 Å². The zero-order valence-electron chi connectivity index (χ0n) is 8.27. The Morgan fingerprint density at radius 1 is 1.40 bits per heavy atom. The van der Waals surface area contributed by atoms with Crippen molar-refractivity contribution >= 4 is 6.09 Å². The number of carboxylic acid groups (broad SMARTS) is 1. The number of phenols is 2. The summed E-state index contributed by atoms with van der Waals surface area (Å²) in [5.74, 6) is -0.382. The van der Waals surface area contributed by atoms with Gasteiger partial charge in [-0.15, -0.1) is 0 Å². The second-order valence-corrected chi connectivity index (χ2v) is 3.38. The highest BCUT2D eigenvalue weighted by Gasteiger charge is 2.07. The first-order valence-corrected chi connectivity index (χ1v) is 4.49. The van der Waals surface area contributed by atoms with Gasteiger partial charge in [-0.1, -0.05) is 6.07 Å². The molecule has 1 atom stereocenters. The van der Waals surface area contributed by atoms with Gasteiger partial charge in [-0.3, -0.25) is 0 Å². The van der Waals surface area contributed by atoms with Crippen LogP contribution < -0.4 is 5.32 Å². The van der Waals surface area contributed by atoms with Crippen LogP contribution in [0.5, 0.6) is 11.5 Å². The van der Waals surface area contributed by atoms with Crippen LogP contribution in [0.25, 0.3) is 0 Å². The van der Waals surface area contributed by atoms with Gasteiger partial charge in [0.05, 0.1) is 0 Å². The quantitative estimate of drug-likeness (QED) is 0.567. The molecule has 5 heteroatoms. The Morgan fingerprint density at radius 3 is 2.60 bits per heavy atom. The number of nitrogens with one attached hydrogen (secondary N) is 1. The van der Waals surface area contributed by atoms with Crippen molar-refractivity contribution in [3.05, 3.63) is 23.8 Å². The van der Waals surface area contributed by atoms with Crippen molar-refractivity contribution in [2.75, 3.05) is 0 Å². The molecule has 0 aliphatic carbocycles. The van der Waals surface area contributed by atoms with E-state index < -0.39 is 6.09 Å². The molecule has 0 aliphatic heterocycles. The van der Waals surface area contributed by atoms with Gasteiger partial charge in [-0.2, -0.15) is 0 Å². The van der Waals surface area contributed by atoms with E-state index in [4.69, 9.17) is 10.2 Å². The van der Waals surface area contributed by atoms with Crippen LogP contribution in [0.1, 0.15) is 12.5 Å². The fraction of sp³-hybridized carbons (Fsp3) is 0.300. The zero-order chi connectivity index (χ0) is 11.4. The van der Waals surface area contributed by atoms with E-state index in [9.17, 15) is 9.90 Å². The van der Waals surface area contributed by atoms with E-state index in [0.29, 0.717) is 6.42 Å². The van der Waals surface area contributed by atoms with E-state index in [-0.39, 0.29) is 17.5 Å². The smallest absolute Gasteiger partial charge is 0.404 e. The lowest BCUT2D eigenvalue weighted by molar-refractivity contribution is 0.190. The number of rotatable bonds is 3. The topological polar surface area (TPSA) is 89.8 Å². The van der Waals surface area contributed by atoms with Gasteiger partial charge >= 0.3 is 6.09 Å². The molecule has 15 heavy (non-hydrogen) atoms. The Balaban J connectivity index is 2.64. The minimum atomic E-state index is -1.08. The first-order chi connectivity index (χ1) is 6.99. The van der Waals surface area contributed by atoms with Crippen molar-refractivity contribution in [2.45, 2.75) is 19.4 Å². The molecule has 0 fully saturated rings. The first kappa shape index (κ1) is 11.2. The van der Waals surface area contributed by atoms with Crippen molar-refractivity contribution in [3.8, 4) is 11.5 Å². The third-order valence-electron chi connectivity index (χ3n) is 1.95. The number of hydrogen-bond donors (Lipinski definition) is 4. The van der Waals surface area contributed by atoms with Gasteiger partial charge in [0.25, 0.3) is 0 Å². The van der Waals surface area contributed by atoms with Crippen LogP contribution in [0.2, 0.25) is 0 Å². The molecule has 0 saturated carbocycles. The van der Waals surface area contributed by atoms with Crippen LogP contribution in [0, 0.1) is 0 Å². The van der Waals surface area contributed by atoms with Crippen LogP contribution in [-0.4, -0.2) is 27.5 Å². The third-order valence-corrected chi connectivity index (χ3v) is 1.95. The number of aromatic hydroxyl groups is 2. The lowest BCUT2D eigenvalue weighted by atomic mass is 10.1. The maximum atomic E-state index is 10.3. The second-order valence-electron chi connectivity index (χ2n) is 3.38. The molecule has 0 aromatic heterocycles. The molecule has 1 rings (SSSR count). The molecule has 5 nitrogen and oxygen atoms in total. The maximum absolute atomic E-state index is 10.3. The Hall–Kier alpha value is -1.91. The summed E-state index contributed by atoms with van der Waals surface area (Å²) in [6.45, 7) is 1.72. The SMILES string of the molecule is CC(Cc1ccc(O)c(O)c1)NC(=O)O. The maximum Gasteiger partial charge on any atom is 0.404 e. The van der Waals surface area contributed by atoms with Gasteiger partial charge in [0, 0.05) is 6.04 Å². The molecule has 1 unspecified atom stereocenters. The van der Waals surface area contributed by atoms with Gasteiger partial charge in [-0.25, -0.2) is 4.79 Å². The number of hydrogen-bond acceptors (Lipinski definition) is 3. The fourth-order valence-corrected chi connectivity index (χ4v) is 1.31. The average molecular weight is 211 g/mol. The minimum Gasteiger partial charge on any atom is -0.504 e. The summed E-state index contributed by atoms with van der Waals surface area (Å²) >= 11 is 0. The molecule has 0 aliphatic rings. The summed E-state index contributed by atoms with van der Waals surface area (Å²) in [5, 5.41) is 29.0. The normalized spacial score (nSPS) is 12.1. The highest BCUT2D eigenvalue weighted by molar-refractivity contribution is 5.64. The van der Waals surface area contributed by atoms with Crippen molar-refractivity contribution in [1.82, 2.24) is 5.32 Å². The van der Waals surface area contributed by atoms with Crippen molar-refractivity contribution < 1.29 is 20.1 Å². The standard InChI is InChI=1S/C10H13NO4/c1-6(11-10(14)15)4-7-2-3-8(12)9(13)5-7/h2-3,5-6,11-13H,4H2,1H3,(H,14,15). The van der Waals surface area contributed by atoms with Crippen LogP contribution in [0.3, 0.4) is 0 Å². The lowest BCUT2D eigenvalue weighted by Gasteiger charge is -2.11. The van der Waals surface area contributed by atoms with E-state index in [1.54, 1.807) is 13.0 Å². The summed E-state index contributed by atoms with van der Waals surface area (Å²) in [7, 11) is 0. The highest BCUT2D eigenvalue weighted by atomic mass is 16.4. The van der Waals surface area contributed by atoms with Crippen LogP contribution in [0.15, 0.2) is 18.2 Å². The molecule has 0 spiro atoms. The molecule has 1 aromatic rings. The predicted octanol–water partition coefficient (Wildman–Crippen LogP) is 1.30. The summed E-state index contributed by atoms with van der Waals surface area (Å²) in [6, 6.07) is 4.18. The molecule has 0 bridgehead atoms. The Kier molecular flexibility index (Phi) is 3.38. The Bertz CT molecular complexity index is 364. The fourth-order valence-electron chi connectivity index (χ4n) is 1.31. The van der Waals surface area contributed by atoms with Crippen LogP contribution >= 0.6 is 0 Å². The number of phenolic OH excluding ortho intramolecular Hbond substituents is 2. The number of benzene rings is 1. The molecule has 0 saturated heterocycles. The minimum absolute atomic E-state index is 0.183. The number of carbonyl (C=O) groups is 1. The summed E-state index contributed by atoms with van der Waals surface area (Å²) in [4.78, 5) is 10.3. The van der Waals surface area contributed by atoms with Gasteiger partial charge in [0.15, 0.2) is 11.5 Å². The van der Waals surface area contributed by atoms with E-state index >= 15 is 0 Å². The molecule has 0 heterocycles. The first-order valence-electron chi connectivity index (χ1n) is 4.49. The highest BCUT2D eigenvalue weighted by Crippen LogP contribution is 2.25. The van der Waals surface area contributed by atoms with Gasteiger partial charge in [0.1, 0.15) is 0 Å². The molecule has 82 valence electrons. The van der Waals surface area contributed by atoms with Crippen LogP contribution in [-0.2, 0) is 6.42 Å². The summed E-state index contributed by atoms with van der Waals surface area (Å²) < 4.78 is 0. The Morgan fingerprint density at radius 2 is 2.07 bits per heavy atom. The third kappa shape index (κ3) is 3.38. The van der Waals surface area contributed by atoms with E-state index in [1.165, 1.54) is 12.1 Å². The monoisotopic (exact) mass is 211 g/mol. The zero-order valence-corrected chi connectivity index (χ0v) is 8.27. The van der Waals surface area contributed by atoms with E-state index in [1.807, 2.05) is 0 Å². The molecule has 1 amide bonds. The summed E-state index contributed by atoms with van der Waals surface area (Å²) in [6.07, 6.45) is -0.620. The molecule has 0 radical (unpaired) electrons. The molecule has 4 N–H and O–H groups in total. The van der Waals surface area contributed by atoms with E-state index in [0.717, 1.165) is 5.56 Å². The number of amides is 1. The largest absolute Gasteiger partial charge is 0.504 e. The van der Waals surface area contributed by atoms with Gasteiger partial charge in [0.2, 0.25) is 0 Å². The van der Waals surface area contributed by atoms with Crippen LogP contribution in [0.4, 0.5) is 4.79 Å².